The van der Waals surface area contributed by atoms with Gasteiger partial charge in [0.05, 0.1) is 5.54 Å². The van der Waals surface area contributed by atoms with E-state index in [0.29, 0.717) is 10.7 Å². The Bertz CT molecular complexity index is 379. The van der Waals surface area contributed by atoms with Crippen molar-refractivity contribution in [1.82, 2.24) is 9.80 Å². The number of nitrogens with zero attached hydrogens (tertiary/aromatic N) is 3. The molecular formula is C11H14ClN3. The van der Waals surface area contributed by atoms with Gasteiger partial charge in [0.2, 0.25) is 0 Å². The van der Waals surface area contributed by atoms with E-state index in [9.17, 15) is 0 Å². The lowest BCUT2D eigenvalue weighted by Gasteiger charge is -2.28. The standard InChI is InChI=1S/C11H14ClN3/c12-9-5-10-14(7-13-9)6-11-3-1-8(2-4-11)15(10)11/h5,8H,1-4,6-7H2. The van der Waals surface area contributed by atoms with Crippen molar-refractivity contribution in [3.05, 3.63) is 11.9 Å². The second-order valence-corrected chi connectivity index (χ2v) is 5.54. The maximum atomic E-state index is 6.01. The van der Waals surface area contributed by atoms with Crippen molar-refractivity contribution >= 4 is 16.8 Å². The lowest BCUT2D eigenvalue weighted by atomic mass is 9.88. The summed E-state index contributed by atoms with van der Waals surface area (Å²) < 4.78 is 0. The SMILES string of the molecule is ClC1=NCN2CC34CCC(CC3)N4C2=C1. The molecule has 0 aromatic heterocycles. The zero-order chi connectivity index (χ0) is 10.0. The van der Waals surface area contributed by atoms with Crippen LogP contribution in [0.1, 0.15) is 25.7 Å². The molecule has 2 bridgehead atoms. The summed E-state index contributed by atoms with van der Waals surface area (Å²) in [6.45, 7) is 1.93. The van der Waals surface area contributed by atoms with E-state index in [1.54, 1.807) is 0 Å². The molecule has 0 atom stereocenters. The smallest absolute Gasteiger partial charge is 0.129 e. The molecule has 0 N–H and O–H groups in total. The van der Waals surface area contributed by atoms with Gasteiger partial charge < -0.3 is 9.80 Å². The van der Waals surface area contributed by atoms with Gasteiger partial charge in [-0.2, -0.15) is 0 Å². The van der Waals surface area contributed by atoms with Crippen molar-refractivity contribution in [3.8, 4) is 0 Å². The molecule has 3 saturated heterocycles. The van der Waals surface area contributed by atoms with Crippen molar-refractivity contribution < 1.29 is 0 Å². The molecule has 0 spiro atoms. The third kappa shape index (κ3) is 0.906. The van der Waals surface area contributed by atoms with Gasteiger partial charge >= 0.3 is 0 Å². The Morgan fingerprint density at radius 3 is 3.00 bits per heavy atom. The molecule has 4 aliphatic heterocycles. The molecule has 0 unspecified atom stereocenters. The molecule has 4 rings (SSSR count). The average molecular weight is 224 g/mol. The first-order valence-corrected chi connectivity index (χ1v) is 6.12. The second-order valence-electron chi connectivity index (χ2n) is 5.15. The van der Waals surface area contributed by atoms with E-state index in [2.05, 4.69) is 20.9 Å². The summed E-state index contributed by atoms with van der Waals surface area (Å²) in [6, 6.07) is 0.781. The number of rotatable bonds is 0. The third-order valence-electron chi connectivity index (χ3n) is 4.46. The molecule has 4 heterocycles. The van der Waals surface area contributed by atoms with Crippen LogP contribution in [0.3, 0.4) is 0 Å². The maximum Gasteiger partial charge on any atom is 0.129 e. The summed E-state index contributed by atoms with van der Waals surface area (Å²) in [7, 11) is 0. The summed E-state index contributed by atoms with van der Waals surface area (Å²) in [5, 5.41) is 0.671. The molecule has 4 heteroatoms. The fraction of sp³-hybridized carbons (Fsp3) is 0.727. The van der Waals surface area contributed by atoms with Crippen LogP contribution in [-0.4, -0.2) is 39.8 Å². The molecule has 0 saturated carbocycles. The fourth-order valence-electron chi connectivity index (χ4n) is 3.87. The van der Waals surface area contributed by atoms with Crippen LogP contribution in [0.5, 0.6) is 0 Å². The summed E-state index contributed by atoms with van der Waals surface area (Å²) in [5.74, 6) is 1.34. The van der Waals surface area contributed by atoms with Crippen LogP contribution < -0.4 is 0 Å². The Labute approximate surface area is 94.4 Å². The minimum atomic E-state index is 0.452. The average Bonchev–Trinajstić information content (AvgIpc) is 2.82. The molecule has 3 nitrogen and oxygen atoms in total. The number of fused-ring (bicyclic) bond motifs is 1. The van der Waals surface area contributed by atoms with E-state index in [4.69, 9.17) is 11.6 Å². The predicted octanol–water partition coefficient (Wildman–Crippen LogP) is 1.75. The predicted molar refractivity (Wildman–Crippen MR) is 59.8 cm³/mol. The number of hydrogen-bond donors (Lipinski definition) is 0. The molecule has 0 aromatic carbocycles. The summed E-state index contributed by atoms with van der Waals surface area (Å²) >= 11 is 6.01. The Morgan fingerprint density at radius 2 is 2.20 bits per heavy atom. The second kappa shape index (κ2) is 2.51. The van der Waals surface area contributed by atoms with Crippen molar-refractivity contribution in [2.75, 3.05) is 13.2 Å². The molecular weight excluding hydrogens is 210 g/mol. The van der Waals surface area contributed by atoms with Gasteiger partial charge in [0.25, 0.3) is 0 Å². The van der Waals surface area contributed by atoms with E-state index >= 15 is 0 Å². The molecule has 0 radical (unpaired) electrons. The van der Waals surface area contributed by atoms with E-state index in [1.165, 1.54) is 38.0 Å². The first-order chi connectivity index (χ1) is 7.28. The third-order valence-corrected chi connectivity index (χ3v) is 4.69. The van der Waals surface area contributed by atoms with Crippen molar-refractivity contribution in [2.45, 2.75) is 37.3 Å². The zero-order valence-electron chi connectivity index (χ0n) is 8.62. The first kappa shape index (κ1) is 8.45. The van der Waals surface area contributed by atoms with Crippen molar-refractivity contribution in [2.24, 2.45) is 4.99 Å². The van der Waals surface area contributed by atoms with Crippen molar-refractivity contribution in [3.63, 3.8) is 0 Å². The van der Waals surface area contributed by atoms with Gasteiger partial charge in [-0.15, -0.1) is 0 Å². The highest BCUT2D eigenvalue weighted by atomic mass is 35.5. The Balaban J connectivity index is 1.81. The van der Waals surface area contributed by atoms with Gasteiger partial charge in [0, 0.05) is 18.7 Å². The topological polar surface area (TPSA) is 18.8 Å². The van der Waals surface area contributed by atoms with E-state index in [0.717, 1.165) is 12.7 Å². The minimum Gasteiger partial charge on any atom is -0.348 e. The quantitative estimate of drug-likeness (QED) is 0.623. The van der Waals surface area contributed by atoms with Crippen LogP contribution in [-0.2, 0) is 0 Å². The molecule has 0 aromatic rings. The maximum absolute atomic E-state index is 6.01. The van der Waals surface area contributed by atoms with Gasteiger partial charge in [0.1, 0.15) is 17.7 Å². The molecule has 3 fully saturated rings. The van der Waals surface area contributed by atoms with Crippen molar-refractivity contribution in [1.29, 1.82) is 0 Å². The lowest BCUT2D eigenvalue weighted by molar-refractivity contribution is 0.261. The Morgan fingerprint density at radius 1 is 1.40 bits per heavy atom. The molecule has 0 aliphatic carbocycles. The first-order valence-electron chi connectivity index (χ1n) is 5.74. The minimum absolute atomic E-state index is 0.452. The monoisotopic (exact) mass is 223 g/mol. The summed E-state index contributed by atoms with van der Waals surface area (Å²) in [5.41, 5.74) is 0.452. The van der Waals surface area contributed by atoms with Gasteiger partial charge in [-0.1, -0.05) is 11.6 Å². The van der Waals surface area contributed by atoms with E-state index in [1.807, 2.05) is 0 Å². The number of aliphatic imine (C=N–C) groups is 1. The van der Waals surface area contributed by atoms with Gasteiger partial charge in [-0.05, 0) is 25.7 Å². The molecule has 0 amide bonds. The number of halogens is 1. The van der Waals surface area contributed by atoms with Crippen LogP contribution in [0.4, 0.5) is 0 Å². The van der Waals surface area contributed by atoms with Crippen LogP contribution in [0.2, 0.25) is 0 Å². The highest BCUT2D eigenvalue weighted by Crippen LogP contribution is 2.53. The Kier molecular flexibility index (Phi) is 1.42. The van der Waals surface area contributed by atoms with Crippen LogP contribution >= 0.6 is 11.6 Å². The highest BCUT2D eigenvalue weighted by molar-refractivity contribution is 6.68. The fourth-order valence-corrected chi connectivity index (χ4v) is 4.02. The number of hydrogen-bond acceptors (Lipinski definition) is 3. The van der Waals surface area contributed by atoms with E-state index < -0.39 is 0 Å². The molecule has 4 aliphatic rings. The molecule has 80 valence electrons. The highest BCUT2D eigenvalue weighted by Gasteiger charge is 2.58. The molecule has 15 heavy (non-hydrogen) atoms. The zero-order valence-corrected chi connectivity index (χ0v) is 9.37. The normalized spacial score (nSPS) is 41.5. The Hall–Kier alpha value is -0.700. The van der Waals surface area contributed by atoms with Gasteiger partial charge in [-0.25, -0.2) is 0 Å². The number of allylic oxidation sites excluding steroid dienone is 1. The largest absolute Gasteiger partial charge is 0.348 e. The lowest BCUT2D eigenvalue weighted by Crippen LogP contribution is -2.36. The van der Waals surface area contributed by atoms with Crippen LogP contribution in [0.25, 0.3) is 0 Å². The van der Waals surface area contributed by atoms with Crippen LogP contribution in [0.15, 0.2) is 16.9 Å². The summed E-state index contributed by atoms with van der Waals surface area (Å²) in [6.07, 6.45) is 7.53. The van der Waals surface area contributed by atoms with Gasteiger partial charge in [-0.3, -0.25) is 4.99 Å². The van der Waals surface area contributed by atoms with E-state index in [-0.39, 0.29) is 0 Å². The summed E-state index contributed by atoms with van der Waals surface area (Å²) in [4.78, 5) is 9.31. The van der Waals surface area contributed by atoms with Gasteiger partial charge in [0.15, 0.2) is 0 Å². The van der Waals surface area contributed by atoms with Crippen LogP contribution in [0, 0.1) is 0 Å².